The Kier molecular flexibility index (Phi) is 4.34. The van der Waals surface area contributed by atoms with Crippen molar-refractivity contribution in [2.45, 2.75) is 51.6 Å². The van der Waals surface area contributed by atoms with Gasteiger partial charge in [0.25, 0.3) is 0 Å². The topological polar surface area (TPSA) is 42.7 Å². The second-order valence-electron chi connectivity index (χ2n) is 5.77. The first kappa shape index (κ1) is 14.3. The second-order valence-corrected chi connectivity index (χ2v) is 5.77. The van der Waals surface area contributed by atoms with Crippen molar-refractivity contribution in [2.75, 3.05) is 6.54 Å². The maximum absolute atomic E-state index is 4.44. The van der Waals surface area contributed by atoms with Crippen LogP contribution in [0.25, 0.3) is 0 Å². The lowest BCUT2D eigenvalue weighted by atomic mass is 9.72. The highest BCUT2D eigenvalue weighted by atomic mass is 15.3. The van der Waals surface area contributed by atoms with Crippen LogP contribution in [0.4, 0.5) is 0 Å². The number of hydrogen-bond donors (Lipinski definition) is 1. The Morgan fingerprint density at radius 1 is 1.33 bits per heavy atom. The van der Waals surface area contributed by atoms with E-state index in [4.69, 9.17) is 0 Å². The van der Waals surface area contributed by atoms with Gasteiger partial charge in [-0.1, -0.05) is 31.2 Å². The number of nitrogens with one attached hydrogen (secondary N) is 1. The summed E-state index contributed by atoms with van der Waals surface area (Å²) in [6.07, 6.45) is 4.96. The minimum Gasteiger partial charge on any atom is -0.313 e. The molecule has 1 heterocycles. The molecule has 0 bridgehead atoms. The van der Waals surface area contributed by atoms with Gasteiger partial charge < -0.3 is 5.32 Å². The molecule has 21 heavy (non-hydrogen) atoms. The summed E-state index contributed by atoms with van der Waals surface area (Å²) in [7, 11) is 0. The number of benzene rings is 1. The number of nitrogens with zero attached hydrogens (tertiary/aromatic N) is 3. The van der Waals surface area contributed by atoms with Crippen LogP contribution in [-0.2, 0) is 19.4 Å². The molecular formula is C17H24N4. The van der Waals surface area contributed by atoms with E-state index in [1.54, 1.807) is 6.33 Å². The molecule has 112 valence electrons. The number of rotatable bonds is 7. The van der Waals surface area contributed by atoms with Gasteiger partial charge in [-0.3, -0.25) is 4.68 Å². The van der Waals surface area contributed by atoms with Crippen LogP contribution < -0.4 is 5.32 Å². The molecule has 0 fully saturated rings. The monoisotopic (exact) mass is 284 g/mol. The Balaban J connectivity index is 1.76. The van der Waals surface area contributed by atoms with E-state index in [0.29, 0.717) is 12.0 Å². The van der Waals surface area contributed by atoms with Gasteiger partial charge >= 0.3 is 0 Å². The standard InChI is InChI=1S/C17H24N4/c1-3-9-18-16(11-17-19-12-20-21(17)4-2)15-10-13-7-5-6-8-14(13)15/h5-8,12,15-16,18H,3-4,9-11H2,1-2H3. The van der Waals surface area contributed by atoms with Gasteiger partial charge in [-0.25, -0.2) is 4.98 Å². The summed E-state index contributed by atoms with van der Waals surface area (Å²) in [6.45, 7) is 6.28. The van der Waals surface area contributed by atoms with E-state index >= 15 is 0 Å². The van der Waals surface area contributed by atoms with E-state index in [0.717, 1.165) is 31.8 Å². The summed E-state index contributed by atoms with van der Waals surface area (Å²) in [5.41, 5.74) is 3.01. The van der Waals surface area contributed by atoms with Gasteiger partial charge in [0.05, 0.1) is 0 Å². The molecule has 1 aromatic carbocycles. The molecule has 0 amide bonds. The summed E-state index contributed by atoms with van der Waals surface area (Å²) in [5, 5.41) is 8.01. The molecule has 4 heteroatoms. The van der Waals surface area contributed by atoms with Crippen LogP contribution >= 0.6 is 0 Å². The summed E-state index contributed by atoms with van der Waals surface area (Å²) in [4.78, 5) is 4.44. The number of aromatic nitrogens is 3. The molecule has 1 aromatic heterocycles. The fourth-order valence-corrected chi connectivity index (χ4v) is 3.25. The molecule has 1 aliphatic carbocycles. The predicted molar refractivity (Wildman–Crippen MR) is 84.4 cm³/mol. The largest absolute Gasteiger partial charge is 0.313 e. The quantitative estimate of drug-likeness (QED) is 0.849. The zero-order chi connectivity index (χ0) is 14.7. The maximum Gasteiger partial charge on any atom is 0.138 e. The Bertz CT molecular complexity index is 590. The molecule has 0 saturated heterocycles. The average Bonchev–Trinajstić information content (AvgIpc) is 2.93. The summed E-state index contributed by atoms with van der Waals surface area (Å²) < 4.78 is 2.01. The second kappa shape index (κ2) is 6.39. The van der Waals surface area contributed by atoms with Crippen LogP contribution in [0.2, 0.25) is 0 Å². The van der Waals surface area contributed by atoms with E-state index in [2.05, 4.69) is 53.5 Å². The number of hydrogen-bond acceptors (Lipinski definition) is 3. The number of aryl methyl sites for hydroxylation is 1. The van der Waals surface area contributed by atoms with E-state index < -0.39 is 0 Å². The highest BCUT2D eigenvalue weighted by Crippen LogP contribution is 2.38. The van der Waals surface area contributed by atoms with E-state index in [9.17, 15) is 0 Å². The first-order valence-corrected chi connectivity index (χ1v) is 8.01. The van der Waals surface area contributed by atoms with Crippen LogP contribution in [0, 0.1) is 0 Å². The average molecular weight is 284 g/mol. The molecular weight excluding hydrogens is 260 g/mol. The van der Waals surface area contributed by atoms with E-state index in [-0.39, 0.29) is 0 Å². The lowest BCUT2D eigenvalue weighted by Crippen LogP contribution is -2.42. The molecule has 0 saturated carbocycles. The molecule has 3 rings (SSSR count). The lowest BCUT2D eigenvalue weighted by Gasteiger charge is -2.37. The SMILES string of the molecule is CCCNC(Cc1ncnn1CC)C1Cc2ccccc21. The van der Waals surface area contributed by atoms with Crippen LogP contribution in [0.15, 0.2) is 30.6 Å². The predicted octanol–water partition coefficient (Wildman–Crippen LogP) is 2.55. The zero-order valence-corrected chi connectivity index (χ0v) is 12.9. The van der Waals surface area contributed by atoms with Crippen molar-refractivity contribution in [1.29, 1.82) is 0 Å². The third kappa shape index (κ3) is 2.86. The molecule has 0 spiro atoms. The van der Waals surface area contributed by atoms with Gasteiger partial charge in [-0.15, -0.1) is 0 Å². The first-order valence-electron chi connectivity index (χ1n) is 8.01. The van der Waals surface area contributed by atoms with Crippen molar-refractivity contribution in [3.05, 3.63) is 47.5 Å². The minimum atomic E-state index is 0.453. The molecule has 2 aromatic rings. The van der Waals surface area contributed by atoms with E-state index in [1.807, 2.05) is 4.68 Å². The number of fused-ring (bicyclic) bond motifs is 1. The summed E-state index contributed by atoms with van der Waals surface area (Å²) in [6, 6.07) is 9.26. The Hall–Kier alpha value is -1.68. The van der Waals surface area contributed by atoms with Gasteiger partial charge in [0.1, 0.15) is 12.2 Å². The normalized spacial score (nSPS) is 18.1. The molecule has 1 aliphatic rings. The zero-order valence-electron chi connectivity index (χ0n) is 12.9. The van der Waals surface area contributed by atoms with Crippen molar-refractivity contribution in [3.63, 3.8) is 0 Å². The maximum atomic E-state index is 4.44. The molecule has 4 nitrogen and oxygen atoms in total. The fraction of sp³-hybridized carbons (Fsp3) is 0.529. The van der Waals surface area contributed by atoms with Crippen LogP contribution in [-0.4, -0.2) is 27.4 Å². The first-order chi connectivity index (χ1) is 10.3. The van der Waals surface area contributed by atoms with Crippen molar-refractivity contribution >= 4 is 0 Å². The fourth-order valence-electron chi connectivity index (χ4n) is 3.25. The van der Waals surface area contributed by atoms with Gasteiger partial charge in [0, 0.05) is 24.9 Å². The molecule has 2 atom stereocenters. The minimum absolute atomic E-state index is 0.453. The van der Waals surface area contributed by atoms with Crippen LogP contribution in [0.1, 0.15) is 43.1 Å². The Labute approximate surface area is 126 Å². The van der Waals surface area contributed by atoms with Gasteiger partial charge in [0.2, 0.25) is 0 Å². The molecule has 0 radical (unpaired) electrons. The van der Waals surface area contributed by atoms with Gasteiger partial charge in [0.15, 0.2) is 0 Å². The van der Waals surface area contributed by atoms with Crippen molar-refractivity contribution < 1.29 is 0 Å². The Morgan fingerprint density at radius 2 is 2.19 bits per heavy atom. The molecule has 2 unspecified atom stereocenters. The molecule has 1 N–H and O–H groups in total. The van der Waals surface area contributed by atoms with Crippen molar-refractivity contribution in [1.82, 2.24) is 20.1 Å². The smallest absolute Gasteiger partial charge is 0.138 e. The summed E-state index contributed by atoms with van der Waals surface area (Å²) in [5.74, 6) is 1.70. The highest BCUT2D eigenvalue weighted by molar-refractivity contribution is 5.41. The third-order valence-corrected chi connectivity index (χ3v) is 4.43. The lowest BCUT2D eigenvalue weighted by molar-refractivity contribution is 0.385. The van der Waals surface area contributed by atoms with Crippen LogP contribution in [0.5, 0.6) is 0 Å². The van der Waals surface area contributed by atoms with Gasteiger partial charge in [-0.05, 0) is 37.4 Å². The van der Waals surface area contributed by atoms with Gasteiger partial charge in [-0.2, -0.15) is 5.10 Å². The van der Waals surface area contributed by atoms with E-state index in [1.165, 1.54) is 17.5 Å². The van der Waals surface area contributed by atoms with Crippen molar-refractivity contribution in [3.8, 4) is 0 Å². The molecule has 0 aliphatic heterocycles. The van der Waals surface area contributed by atoms with Crippen molar-refractivity contribution in [2.24, 2.45) is 0 Å². The summed E-state index contributed by atoms with van der Waals surface area (Å²) >= 11 is 0. The Morgan fingerprint density at radius 3 is 2.95 bits per heavy atom. The van der Waals surface area contributed by atoms with Crippen LogP contribution in [0.3, 0.4) is 0 Å². The highest BCUT2D eigenvalue weighted by Gasteiger charge is 2.33. The third-order valence-electron chi connectivity index (χ3n) is 4.43.